The molecule has 0 bridgehead atoms. The summed E-state index contributed by atoms with van der Waals surface area (Å²) in [4.78, 5) is 5.31. The van der Waals surface area contributed by atoms with E-state index in [1.807, 2.05) is 24.3 Å². The van der Waals surface area contributed by atoms with Crippen molar-refractivity contribution in [3.05, 3.63) is 53.6 Å². The highest BCUT2D eigenvalue weighted by molar-refractivity contribution is 5.79. The Labute approximate surface area is 241 Å². The van der Waals surface area contributed by atoms with Gasteiger partial charge in [0.1, 0.15) is 19.0 Å². The SMILES string of the molecule is CCCCCCO/N=C/c1cccc(OCCOCCOCCOCCOCCOCCCCC2=CCC=C2)c1. The van der Waals surface area contributed by atoms with Crippen LogP contribution in [0, 0.1) is 0 Å². The number of hydrogen-bond acceptors (Lipinski definition) is 8. The smallest absolute Gasteiger partial charge is 0.120 e. The molecule has 0 spiro atoms. The van der Waals surface area contributed by atoms with Gasteiger partial charge in [-0.05, 0) is 56.2 Å². The van der Waals surface area contributed by atoms with Crippen LogP contribution in [-0.4, -0.2) is 85.5 Å². The lowest BCUT2D eigenvalue weighted by Gasteiger charge is -2.09. The molecule has 0 saturated heterocycles. The van der Waals surface area contributed by atoms with Crippen molar-refractivity contribution in [2.45, 2.75) is 58.3 Å². The Balaban J connectivity index is 1.28. The van der Waals surface area contributed by atoms with Crippen molar-refractivity contribution < 1.29 is 33.3 Å². The Morgan fingerprint density at radius 1 is 0.700 bits per heavy atom. The van der Waals surface area contributed by atoms with Gasteiger partial charge >= 0.3 is 0 Å². The molecule has 0 N–H and O–H groups in total. The summed E-state index contributed by atoms with van der Waals surface area (Å²) in [6.45, 7) is 9.08. The predicted octanol–water partition coefficient (Wildman–Crippen LogP) is 6.14. The molecular formula is C32H51NO7. The molecule has 0 amide bonds. The van der Waals surface area contributed by atoms with E-state index in [0.717, 1.165) is 43.6 Å². The van der Waals surface area contributed by atoms with E-state index in [1.165, 1.54) is 31.3 Å². The van der Waals surface area contributed by atoms with Crippen LogP contribution in [-0.2, 0) is 28.5 Å². The maximum atomic E-state index is 5.75. The molecule has 40 heavy (non-hydrogen) atoms. The minimum absolute atomic E-state index is 0.471. The highest BCUT2D eigenvalue weighted by atomic mass is 16.6. The average Bonchev–Trinajstić information content (AvgIpc) is 3.49. The third-order valence-corrected chi connectivity index (χ3v) is 6.06. The van der Waals surface area contributed by atoms with E-state index in [1.54, 1.807) is 6.21 Å². The van der Waals surface area contributed by atoms with Crippen LogP contribution in [0.4, 0.5) is 0 Å². The molecule has 0 heterocycles. The molecular weight excluding hydrogens is 510 g/mol. The van der Waals surface area contributed by atoms with Crippen molar-refractivity contribution in [3.8, 4) is 5.75 Å². The van der Waals surface area contributed by atoms with E-state index in [4.69, 9.17) is 33.3 Å². The number of nitrogens with zero attached hydrogens (tertiary/aromatic N) is 1. The lowest BCUT2D eigenvalue weighted by molar-refractivity contribution is -0.0128. The van der Waals surface area contributed by atoms with Gasteiger partial charge in [-0.15, -0.1) is 0 Å². The summed E-state index contributed by atoms with van der Waals surface area (Å²) >= 11 is 0. The molecule has 0 fully saturated rings. The van der Waals surface area contributed by atoms with E-state index in [2.05, 4.69) is 30.3 Å². The van der Waals surface area contributed by atoms with Crippen LogP contribution in [0.1, 0.15) is 63.9 Å². The highest BCUT2D eigenvalue weighted by Gasteiger charge is 1.99. The fourth-order valence-electron chi connectivity index (χ4n) is 3.85. The van der Waals surface area contributed by atoms with Crippen LogP contribution < -0.4 is 4.74 Å². The maximum Gasteiger partial charge on any atom is 0.120 e. The lowest BCUT2D eigenvalue weighted by Crippen LogP contribution is -2.14. The van der Waals surface area contributed by atoms with Crippen molar-refractivity contribution in [2.75, 3.05) is 79.3 Å². The molecule has 2 rings (SSSR count). The summed E-state index contributed by atoms with van der Waals surface area (Å²) in [5.74, 6) is 0.779. The first-order valence-electron chi connectivity index (χ1n) is 15.0. The zero-order valence-corrected chi connectivity index (χ0v) is 24.6. The number of unbranched alkanes of at least 4 members (excludes halogenated alkanes) is 4. The Hall–Kier alpha value is -2.23. The molecule has 0 aromatic heterocycles. The second-order valence-corrected chi connectivity index (χ2v) is 9.49. The molecule has 0 aliphatic heterocycles. The first kappa shape index (κ1) is 34.0. The van der Waals surface area contributed by atoms with Crippen LogP contribution >= 0.6 is 0 Å². The van der Waals surface area contributed by atoms with E-state index in [-0.39, 0.29) is 0 Å². The number of ether oxygens (including phenoxy) is 6. The Morgan fingerprint density at radius 2 is 1.35 bits per heavy atom. The monoisotopic (exact) mass is 561 g/mol. The van der Waals surface area contributed by atoms with Gasteiger partial charge in [-0.3, -0.25) is 0 Å². The van der Waals surface area contributed by atoms with Crippen LogP contribution in [0.25, 0.3) is 0 Å². The number of benzene rings is 1. The van der Waals surface area contributed by atoms with Gasteiger partial charge in [0.05, 0.1) is 65.7 Å². The van der Waals surface area contributed by atoms with Crippen molar-refractivity contribution in [1.29, 1.82) is 0 Å². The Kier molecular flexibility index (Phi) is 21.8. The number of rotatable bonds is 28. The highest BCUT2D eigenvalue weighted by Crippen LogP contribution is 2.15. The minimum atomic E-state index is 0.471. The lowest BCUT2D eigenvalue weighted by atomic mass is 10.1. The van der Waals surface area contributed by atoms with Gasteiger partial charge in [0.25, 0.3) is 0 Å². The normalized spacial score (nSPS) is 12.9. The molecule has 0 atom stereocenters. The summed E-state index contributed by atoms with van der Waals surface area (Å²) < 4.78 is 33.5. The summed E-state index contributed by atoms with van der Waals surface area (Å²) in [6.07, 6.45) is 17.6. The third kappa shape index (κ3) is 19.8. The quantitative estimate of drug-likeness (QED) is 0.0691. The van der Waals surface area contributed by atoms with Gasteiger partial charge in [0, 0.05) is 6.61 Å². The van der Waals surface area contributed by atoms with Crippen LogP contribution in [0.15, 0.2) is 53.2 Å². The van der Waals surface area contributed by atoms with Gasteiger partial charge in [0.2, 0.25) is 0 Å². The van der Waals surface area contributed by atoms with E-state index in [9.17, 15) is 0 Å². The van der Waals surface area contributed by atoms with Gasteiger partial charge in [-0.25, -0.2) is 0 Å². The van der Waals surface area contributed by atoms with Crippen LogP contribution in [0.5, 0.6) is 5.75 Å². The molecule has 1 aliphatic carbocycles. The zero-order chi connectivity index (χ0) is 28.2. The summed E-state index contributed by atoms with van der Waals surface area (Å²) in [6, 6.07) is 7.75. The number of oxime groups is 1. The Bertz CT molecular complexity index is 812. The van der Waals surface area contributed by atoms with E-state index >= 15 is 0 Å². The summed E-state index contributed by atoms with van der Waals surface area (Å²) in [5, 5.41) is 4.03. The van der Waals surface area contributed by atoms with Crippen molar-refractivity contribution in [2.24, 2.45) is 5.16 Å². The van der Waals surface area contributed by atoms with Crippen LogP contribution in [0.3, 0.4) is 0 Å². The second-order valence-electron chi connectivity index (χ2n) is 9.49. The summed E-state index contributed by atoms with van der Waals surface area (Å²) in [5.41, 5.74) is 2.40. The molecule has 1 aromatic carbocycles. The van der Waals surface area contributed by atoms with Gasteiger partial charge in [0.15, 0.2) is 0 Å². The molecule has 8 nitrogen and oxygen atoms in total. The van der Waals surface area contributed by atoms with Gasteiger partial charge < -0.3 is 33.3 Å². The maximum absolute atomic E-state index is 5.75. The molecule has 0 unspecified atom stereocenters. The minimum Gasteiger partial charge on any atom is -0.491 e. The molecule has 1 aromatic rings. The first-order chi connectivity index (χ1) is 19.9. The fourth-order valence-corrected chi connectivity index (χ4v) is 3.85. The number of hydrogen-bond donors (Lipinski definition) is 0. The summed E-state index contributed by atoms with van der Waals surface area (Å²) in [7, 11) is 0. The van der Waals surface area contributed by atoms with Crippen molar-refractivity contribution in [3.63, 3.8) is 0 Å². The molecule has 226 valence electrons. The number of allylic oxidation sites excluding steroid dienone is 4. The third-order valence-electron chi connectivity index (χ3n) is 6.06. The van der Waals surface area contributed by atoms with Gasteiger partial charge in [-0.2, -0.15) is 0 Å². The average molecular weight is 562 g/mol. The first-order valence-corrected chi connectivity index (χ1v) is 15.0. The topological polar surface area (TPSA) is 77.0 Å². The standard InChI is InChI=1S/C32H51NO7/c1-2-3-4-8-17-40-33-29-31-14-10-15-32(28-31)39-27-26-38-25-24-37-23-22-36-21-20-35-19-18-34-16-9-7-13-30-11-5-6-12-30/h5,10-12,14-15,28-29H,2-4,6-9,13,16-27H2,1H3/b33-29+. The molecule has 1 aliphatic rings. The Morgan fingerprint density at radius 3 is 2.00 bits per heavy atom. The molecule has 0 radical (unpaired) electrons. The fraction of sp³-hybridized carbons (Fsp3) is 0.656. The predicted molar refractivity (Wildman–Crippen MR) is 159 cm³/mol. The van der Waals surface area contributed by atoms with Crippen molar-refractivity contribution >= 4 is 6.21 Å². The van der Waals surface area contributed by atoms with Crippen molar-refractivity contribution in [1.82, 2.24) is 0 Å². The molecule has 0 saturated carbocycles. The van der Waals surface area contributed by atoms with E-state index < -0.39 is 0 Å². The largest absolute Gasteiger partial charge is 0.491 e. The zero-order valence-electron chi connectivity index (χ0n) is 24.6. The van der Waals surface area contributed by atoms with Crippen LogP contribution in [0.2, 0.25) is 0 Å². The second kappa shape index (κ2) is 25.7. The van der Waals surface area contributed by atoms with Gasteiger partial charge in [-0.1, -0.05) is 60.9 Å². The molecule has 8 heteroatoms. The van der Waals surface area contributed by atoms with E-state index in [0.29, 0.717) is 72.7 Å².